The number of ether oxygens (including phenoxy) is 1. The zero-order chi connectivity index (χ0) is 12.8. The molecule has 0 radical (unpaired) electrons. The Morgan fingerprint density at radius 3 is 2.65 bits per heavy atom. The number of likely N-dealkylation sites (N-methyl/N-ethyl adjacent to an activating group) is 1. The summed E-state index contributed by atoms with van der Waals surface area (Å²) in [4.78, 5) is 0. The third kappa shape index (κ3) is 4.86. The van der Waals surface area contributed by atoms with Crippen LogP contribution in [0.5, 0.6) is 5.75 Å². The summed E-state index contributed by atoms with van der Waals surface area (Å²) in [6.45, 7) is 8.16. The van der Waals surface area contributed by atoms with Gasteiger partial charge in [0.25, 0.3) is 0 Å². The number of rotatable bonds is 6. The molecule has 0 saturated carbocycles. The summed E-state index contributed by atoms with van der Waals surface area (Å²) in [5.74, 6) is 1.18. The molecule has 1 aromatic rings. The van der Waals surface area contributed by atoms with Crippen molar-refractivity contribution in [1.29, 1.82) is 0 Å². The highest BCUT2D eigenvalue weighted by molar-refractivity contribution is 9.10. The van der Waals surface area contributed by atoms with Crippen molar-refractivity contribution >= 4 is 27.5 Å². The first-order chi connectivity index (χ1) is 8.04. The van der Waals surface area contributed by atoms with E-state index in [-0.39, 0.29) is 6.10 Å². The molecule has 17 heavy (non-hydrogen) atoms. The minimum absolute atomic E-state index is 0.133. The fraction of sp³-hybridized carbons (Fsp3) is 0.538. The molecule has 0 aliphatic carbocycles. The maximum absolute atomic E-state index is 6.14. The number of halogens is 2. The maximum atomic E-state index is 6.14. The molecule has 0 saturated heterocycles. The summed E-state index contributed by atoms with van der Waals surface area (Å²) in [7, 11) is 0. The second-order valence-electron chi connectivity index (χ2n) is 4.28. The molecule has 2 nitrogen and oxygen atoms in total. The fourth-order valence-corrected chi connectivity index (χ4v) is 2.15. The zero-order valence-electron chi connectivity index (χ0n) is 10.5. The van der Waals surface area contributed by atoms with Gasteiger partial charge in [0.2, 0.25) is 0 Å². The largest absolute Gasteiger partial charge is 0.487 e. The molecule has 0 aromatic heterocycles. The highest BCUT2D eigenvalue weighted by Crippen LogP contribution is 2.29. The molecule has 0 bridgehead atoms. The zero-order valence-corrected chi connectivity index (χ0v) is 12.8. The summed E-state index contributed by atoms with van der Waals surface area (Å²) in [5.41, 5.74) is 0. The van der Waals surface area contributed by atoms with Crippen LogP contribution in [0.15, 0.2) is 22.7 Å². The lowest BCUT2D eigenvalue weighted by atomic mass is 10.1. The van der Waals surface area contributed by atoms with E-state index in [4.69, 9.17) is 16.3 Å². The van der Waals surface area contributed by atoms with Crippen LogP contribution in [-0.4, -0.2) is 19.2 Å². The number of nitrogens with one attached hydrogen (secondary N) is 1. The molecule has 0 heterocycles. The monoisotopic (exact) mass is 319 g/mol. The Hall–Kier alpha value is -0.250. The van der Waals surface area contributed by atoms with Crippen molar-refractivity contribution in [2.45, 2.75) is 26.9 Å². The van der Waals surface area contributed by atoms with Crippen LogP contribution in [0.3, 0.4) is 0 Å². The molecular formula is C13H19BrClNO. The van der Waals surface area contributed by atoms with Crippen LogP contribution in [0, 0.1) is 5.92 Å². The first kappa shape index (κ1) is 14.8. The molecule has 0 fully saturated rings. The second kappa shape index (κ2) is 7.24. The van der Waals surface area contributed by atoms with Gasteiger partial charge in [-0.25, -0.2) is 0 Å². The molecule has 1 atom stereocenters. The number of hydrogen-bond acceptors (Lipinski definition) is 2. The SMILES string of the molecule is CCNCC(Oc1ccc(Br)cc1Cl)C(C)C. The molecule has 1 rings (SSSR count). The van der Waals surface area contributed by atoms with Gasteiger partial charge in [0.1, 0.15) is 11.9 Å². The number of hydrogen-bond donors (Lipinski definition) is 1. The Morgan fingerprint density at radius 1 is 1.41 bits per heavy atom. The Kier molecular flexibility index (Phi) is 6.31. The molecule has 1 aromatic carbocycles. The van der Waals surface area contributed by atoms with E-state index in [9.17, 15) is 0 Å². The van der Waals surface area contributed by atoms with Gasteiger partial charge in [0.05, 0.1) is 5.02 Å². The van der Waals surface area contributed by atoms with Crippen LogP contribution in [0.1, 0.15) is 20.8 Å². The van der Waals surface area contributed by atoms with Crippen molar-refractivity contribution in [2.75, 3.05) is 13.1 Å². The molecule has 1 N–H and O–H groups in total. The summed E-state index contributed by atoms with van der Waals surface area (Å²) >= 11 is 9.52. The molecule has 0 aliphatic heterocycles. The second-order valence-corrected chi connectivity index (χ2v) is 5.61. The van der Waals surface area contributed by atoms with Gasteiger partial charge in [-0.1, -0.05) is 48.3 Å². The molecule has 0 spiro atoms. The molecule has 1 unspecified atom stereocenters. The summed E-state index contributed by atoms with van der Waals surface area (Å²) in [5, 5.41) is 3.94. The van der Waals surface area contributed by atoms with Crippen molar-refractivity contribution in [1.82, 2.24) is 5.32 Å². The van der Waals surface area contributed by atoms with Gasteiger partial charge >= 0.3 is 0 Å². The van der Waals surface area contributed by atoms with E-state index in [1.807, 2.05) is 18.2 Å². The normalized spacial score (nSPS) is 12.8. The number of benzene rings is 1. The van der Waals surface area contributed by atoms with Crippen LogP contribution in [0.4, 0.5) is 0 Å². The van der Waals surface area contributed by atoms with Crippen molar-refractivity contribution < 1.29 is 4.74 Å². The average Bonchev–Trinajstić information content (AvgIpc) is 2.26. The maximum Gasteiger partial charge on any atom is 0.138 e. The first-order valence-corrected chi connectivity index (χ1v) is 7.04. The highest BCUT2D eigenvalue weighted by Gasteiger charge is 2.16. The average molecular weight is 321 g/mol. The van der Waals surface area contributed by atoms with E-state index in [2.05, 4.69) is 42.0 Å². The van der Waals surface area contributed by atoms with Gasteiger partial charge in [0, 0.05) is 11.0 Å². The third-order valence-electron chi connectivity index (χ3n) is 2.51. The Balaban J connectivity index is 2.71. The van der Waals surface area contributed by atoms with Crippen LogP contribution in [0.2, 0.25) is 5.02 Å². The molecular weight excluding hydrogens is 302 g/mol. The van der Waals surface area contributed by atoms with Crippen molar-refractivity contribution in [3.05, 3.63) is 27.7 Å². The van der Waals surface area contributed by atoms with E-state index in [0.29, 0.717) is 10.9 Å². The Labute approximate surface area is 117 Å². The lowest BCUT2D eigenvalue weighted by Gasteiger charge is -2.23. The molecule has 96 valence electrons. The quantitative estimate of drug-likeness (QED) is 0.851. The predicted molar refractivity (Wildman–Crippen MR) is 76.9 cm³/mol. The molecule has 4 heteroatoms. The fourth-order valence-electron chi connectivity index (χ4n) is 1.43. The summed E-state index contributed by atoms with van der Waals surface area (Å²) in [6.07, 6.45) is 0.133. The van der Waals surface area contributed by atoms with Gasteiger partial charge in [0.15, 0.2) is 0 Å². The van der Waals surface area contributed by atoms with Gasteiger partial charge in [-0.15, -0.1) is 0 Å². The standard InChI is InChI=1S/C13H19BrClNO/c1-4-16-8-13(9(2)3)17-12-6-5-10(14)7-11(12)15/h5-7,9,13,16H,4,8H2,1-3H3. The van der Waals surface area contributed by atoms with Crippen LogP contribution in [-0.2, 0) is 0 Å². The van der Waals surface area contributed by atoms with Crippen molar-refractivity contribution in [2.24, 2.45) is 5.92 Å². The van der Waals surface area contributed by atoms with Gasteiger partial charge in [-0.3, -0.25) is 0 Å². The summed E-state index contributed by atoms with van der Waals surface area (Å²) in [6, 6.07) is 5.68. The van der Waals surface area contributed by atoms with Crippen LogP contribution in [0.25, 0.3) is 0 Å². The Morgan fingerprint density at radius 2 is 2.12 bits per heavy atom. The van der Waals surface area contributed by atoms with Crippen molar-refractivity contribution in [3.8, 4) is 5.75 Å². The first-order valence-electron chi connectivity index (χ1n) is 5.87. The van der Waals surface area contributed by atoms with E-state index in [0.717, 1.165) is 23.3 Å². The smallest absolute Gasteiger partial charge is 0.138 e. The minimum atomic E-state index is 0.133. The van der Waals surface area contributed by atoms with E-state index in [1.54, 1.807) is 0 Å². The van der Waals surface area contributed by atoms with Crippen LogP contribution < -0.4 is 10.1 Å². The highest BCUT2D eigenvalue weighted by atomic mass is 79.9. The minimum Gasteiger partial charge on any atom is -0.487 e. The van der Waals surface area contributed by atoms with Gasteiger partial charge in [-0.2, -0.15) is 0 Å². The molecule has 0 aliphatic rings. The van der Waals surface area contributed by atoms with Crippen LogP contribution >= 0.6 is 27.5 Å². The van der Waals surface area contributed by atoms with E-state index < -0.39 is 0 Å². The van der Waals surface area contributed by atoms with Gasteiger partial charge < -0.3 is 10.1 Å². The van der Waals surface area contributed by atoms with E-state index >= 15 is 0 Å². The van der Waals surface area contributed by atoms with Crippen molar-refractivity contribution in [3.63, 3.8) is 0 Å². The topological polar surface area (TPSA) is 21.3 Å². The lowest BCUT2D eigenvalue weighted by molar-refractivity contribution is 0.150. The lowest BCUT2D eigenvalue weighted by Crippen LogP contribution is -2.35. The summed E-state index contributed by atoms with van der Waals surface area (Å²) < 4.78 is 6.91. The predicted octanol–water partition coefficient (Wildman–Crippen LogP) is 4.12. The van der Waals surface area contributed by atoms with E-state index in [1.165, 1.54) is 0 Å². The third-order valence-corrected chi connectivity index (χ3v) is 3.30. The Bertz CT molecular complexity index is 357. The van der Waals surface area contributed by atoms with Gasteiger partial charge in [-0.05, 0) is 30.7 Å². The molecule has 0 amide bonds.